The molecule has 3 aromatic rings. The number of urea groups is 1. The number of ether oxygens (including phenoxy) is 1. The van der Waals surface area contributed by atoms with Gasteiger partial charge in [-0.1, -0.05) is 17.3 Å². The van der Waals surface area contributed by atoms with E-state index in [1.807, 2.05) is 57.1 Å². The van der Waals surface area contributed by atoms with E-state index in [0.29, 0.717) is 24.6 Å². The number of aromatic nitrogens is 3. The molecule has 0 spiro atoms. The standard InChI is InChI=1S/C25H32N6O4/c1-17-22(18(2)35-27-17)16-29-15-20(13-26-29)31-23(32)25(3,4)30(24(31)33)14-19-8-7-9-21(12-19)34-11-10-28(5)6/h7-9,12-13,15H,10-11,14,16H2,1-6H3. The fourth-order valence-corrected chi connectivity index (χ4v) is 4.04. The van der Waals surface area contributed by atoms with Crippen LogP contribution in [0.2, 0.25) is 0 Å². The molecule has 1 saturated heterocycles. The second-order valence-corrected chi connectivity index (χ2v) is 9.57. The van der Waals surface area contributed by atoms with E-state index in [4.69, 9.17) is 9.26 Å². The molecule has 1 aliphatic heterocycles. The third-order valence-corrected chi connectivity index (χ3v) is 6.25. The molecule has 0 radical (unpaired) electrons. The van der Waals surface area contributed by atoms with Crippen molar-refractivity contribution in [1.29, 1.82) is 0 Å². The second-order valence-electron chi connectivity index (χ2n) is 9.57. The minimum atomic E-state index is -1.01. The summed E-state index contributed by atoms with van der Waals surface area (Å²) in [5.74, 6) is 1.16. The van der Waals surface area contributed by atoms with E-state index in [2.05, 4.69) is 10.3 Å². The first kappa shape index (κ1) is 24.5. The lowest BCUT2D eigenvalue weighted by Gasteiger charge is -2.27. The zero-order chi connectivity index (χ0) is 25.3. The second kappa shape index (κ2) is 9.53. The number of benzene rings is 1. The summed E-state index contributed by atoms with van der Waals surface area (Å²) in [6, 6.07) is 7.24. The SMILES string of the molecule is Cc1noc(C)c1Cn1cc(N2C(=O)N(Cc3cccc(OCCN(C)C)c3)C(C)(C)C2=O)cn1. The van der Waals surface area contributed by atoms with Crippen molar-refractivity contribution in [3.8, 4) is 5.75 Å². The number of rotatable bonds is 9. The van der Waals surface area contributed by atoms with Gasteiger partial charge in [-0.3, -0.25) is 9.48 Å². The van der Waals surface area contributed by atoms with Gasteiger partial charge in [-0.05, 0) is 59.5 Å². The fourth-order valence-electron chi connectivity index (χ4n) is 4.04. The maximum atomic E-state index is 13.4. The maximum absolute atomic E-state index is 13.4. The third-order valence-electron chi connectivity index (χ3n) is 6.25. The van der Waals surface area contributed by atoms with Gasteiger partial charge in [-0.2, -0.15) is 5.10 Å². The van der Waals surface area contributed by atoms with Crippen molar-refractivity contribution in [2.24, 2.45) is 0 Å². The summed E-state index contributed by atoms with van der Waals surface area (Å²) in [7, 11) is 3.98. The summed E-state index contributed by atoms with van der Waals surface area (Å²) < 4.78 is 12.7. The van der Waals surface area contributed by atoms with Gasteiger partial charge in [-0.15, -0.1) is 0 Å². The van der Waals surface area contributed by atoms with Gasteiger partial charge in [0.2, 0.25) is 0 Å². The first-order valence-electron chi connectivity index (χ1n) is 11.5. The smallest absolute Gasteiger partial charge is 0.332 e. The molecule has 0 unspecified atom stereocenters. The van der Waals surface area contributed by atoms with Crippen molar-refractivity contribution in [1.82, 2.24) is 24.7 Å². The molecule has 3 heterocycles. The van der Waals surface area contributed by atoms with Crippen LogP contribution in [-0.4, -0.2) is 69.5 Å². The van der Waals surface area contributed by atoms with E-state index < -0.39 is 5.54 Å². The van der Waals surface area contributed by atoms with E-state index >= 15 is 0 Å². The van der Waals surface area contributed by atoms with Crippen molar-refractivity contribution < 1.29 is 18.8 Å². The number of nitrogens with zero attached hydrogens (tertiary/aromatic N) is 6. The van der Waals surface area contributed by atoms with Crippen molar-refractivity contribution in [2.45, 2.75) is 46.3 Å². The van der Waals surface area contributed by atoms with Gasteiger partial charge < -0.3 is 19.1 Å². The van der Waals surface area contributed by atoms with Crippen LogP contribution < -0.4 is 9.64 Å². The van der Waals surface area contributed by atoms with Gasteiger partial charge in [0.25, 0.3) is 5.91 Å². The normalized spacial score (nSPS) is 15.5. The van der Waals surface area contributed by atoms with Crippen molar-refractivity contribution in [3.63, 3.8) is 0 Å². The summed E-state index contributed by atoms with van der Waals surface area (Å²) in [6.45, 7) is 9.32. The van der Waals surface area contributed by atoms with Crippen LogP contribution in [-0.2, 0) is 17.9 Å². The van der Waals surface area contributed by atoms with Crippen molar-refractivity contribution in [3.05, 3.63) is 59.2 Å². The van der Waals surface area contributed by atoms with Gasteiger partial charge in [0.1, 0.15) is 23.7 Å². The lowest BCUT2D eigenvalue weighted by atomic mass is 10.0. The molecule has 3 amide bonds. The highest BCUT2D eigenvalue weighted by atomic mass is 16.5. The number of carbonyl (C=O) groups excluding carboxylic acids is 2. The minimum absolute atomic E-state index is 0.284. The Hall–Kier alpha value is -3.66. The van der Waals surface area contributed by atoms with Crippen LogP contribution in [0.15, 0.2) is 41.2 Å². The lowest BCUT2D eigenvalue weighted by Crippen LogP contribution is -2.43. The quantitative estimate of drug-likeness (QED) is 0.434. The van der Waals surface area contributed by atoms with Gasteiger partial charge >= 0.3 is 6.03 Å². The highest BCUT2D eigenvalue weighted by molar-refractivity contribution is 6.22. The molecule has 0 bridgehead atoms. The highest BCUT2D eigenvalue weighted by Gasteiger charge is 2.52. The van der Waals surface area contributed by atoms with E-state index in [9.17, 15) is 9.59 Å². The Morgan fingerprint density at radius 2 is 1.91 bits per heavy atom. The molecule has 10 heteroatoms. The molecule has 4 rings (SSSR count). The van der Waals surface area contributed by atoms with Crippen LogP contribution in [0, 0.1) is 13.8 Å². The average molecular weight is 481 g/mol. The fraction of sp³-hybridized carbons (Fsp3) is 0.440. The Morgan fingerprint density at radius 1 is 1.14 bits per heavy atom. The largest absolute Gasteiger partial charge is 0.492 e. The van der Waals surface area contributed by atoms with Crippen LogP contribution >= 0.6 is 0 Å². The lowest BCUT2D eigenvalue weighted by molar-refractivity contribution is -0.123. The summed E-state index contributed by atoms with van der Waals surface area (Å²) in [5.41, 5.74) is 2.02. The summed E-state index contributed by atoms with van der Waals surface area (Å²) in [5, 5.41) is 8.33. The number of anilines is 1. The number of hydrogen-bond donors (Lipinski definition) is 0. The van der Waals surface area contributed by atoms with E-state index in [-0.39, 0.29) is 18.5 Å². The van der Waals surface area contributed by atoms with E-state index in [1.165, 1.54) is 11.1 Å². The number of hydrogen-bond acceptors (Lipinski definition) is 7. The van der Waals surface area contributed by atoms with Gasteiger partial charge in [0, 0.05) is 24.8 Å². The third kappa shape index (κ3) is 4.93. The number of likely N-dealkylation sites (N-methyl/N-ethyl adjacent to an activating group) is 1. The molecule has 10 nitrogen and oxygen atoms in total. The highest BCUT2D eigenvalue weighted by Crippen LogP contribution is 2.33. The molecule has 1 fully saturated rings. The van der Waals surface area contributed by atoms with E-state index in [1.54, 1.807) is 29.6 Å². The monoisotopic (exact) mass is 480 g/mol. The molecule has 0 aliphatic carbocycles. The minimum Gasteiger partial charge on any atom is -0.492 e. The van der Waals surface area contributed by atoms with Gasteiger partial charge in [-0.25, -0.2) is 9.69 Å². The zero-order valence-electron chi connectivity index (χ0n) is 21.1. The Morgan fingerprint density at radius 3 is 2.60 bits per heavy atom. The predicted octanol–water partition coefficient (Wildman–Crippen LogP) is 3.22. The summed E-state index contributed by atoms with van der Waals surface area (Å²) in [4.78, 5) is 31.6. The molecule has 186 valence electrons. The number of imide groups is 1. The molecular weight excluding hydrogens is 448 g/mol. The molecule has 0 atom stereocenters. The molecule has 35 heavy (non-hydrogen) atoms. The molecule has 0 N–H and O–H groups in total. The van der Waals surface area contributed by atoms with Crippen LogP contribution in [0.1, 0.15) is 36.4 Å². The van der Waals surface area contributed by atoms with Gasteiger partial charge in [0.15, 0.2) is 0 Å². The predicted molar refractivity (Wildman–Crippen MR) is 130 cm³/mol. The summed E-state index contributed by atoms with van der Waals surface area (Å²) >= 11 is 0. The maximum Gasteiger partial charge on any atom is 0.332 e. The van der Waals surface area contributed by atoms with E-state index in [0.717, 1.165) is 29.1 Å². The first-order valence-corrected chi connectivity index (χ1v) is 11.5. The molecule has 1 aromatic carbocycles. The Bertz CT molecular complexity index is 1210. The molecule has 2 aromatic heterocycles. The Labute approximate surface area is 205 Å². The Balaban J connectivity index is 1.51. The number of amides is 3. The van der Waals surface area contributed by atoms with Crippen LogP contribution in [0.3, 0.4) is 0 Å². The van der Waals surface area contributed by atoms with Crippen molar-refractivity contribution >= 4 is 17.6 Å². The molecule has 1 aliphatic rings. The number of carbonyl (C=O) groups is 2. The zero-order valence-corrected chi connectivity index (χ0v) is 21.1. The number of aryl methyl sites for hydroxylation is 2. The Kier molecular flexibility index (Phi) is 6.66. The molecular formula is C25H32N6O4. The van der Waals surface area contributed by atoms with Crippen molar-refractivity contribution in [2.75, 3.05) is 32.1 Å². The average Bonchev–Trinajstić information content (AvgIpc) is 3.43. The molecule has 0 saturated carbocycles. The summed E-state index contributed by atoms with van der Waals surface area (Å²) in [6.07, 6.45) is 3.23. The van der Waals surface area contributed by atoms with Crippen LogP contribution in [0.25, 0.3) is 0 Å². The van der Waals surface area contributed by atoms with Crippen LogP contribution in [0.4, 0.5) is 10.5 Å². The van der Waals surface area contributed by atoms with Crippen LogP contribution in [0.5, 0.6) is 5.75 Å². The first-order chi connectivity index (χ1) is 16.6. The van der Waals surface area contributed by atoms with Gasteiger partial charge in [0.05, 0.1) is 24.1 Å². The topological polar surface area (TPSA) is 96.9 Å².